The summed E-state index contributed by atoms with van der Waals surface area (Å²) in [6, 6.07) is 0. The molecular weight excluding hydrogens is 186 g/mol. The lowest BCUT2D eigenvalue weighted by Crippen LogP contribution is -2.32. The van der Waals surface area contributed by atoms with Gasteiger partial charge in [-0.25, -0.2) is 5.43 Å². The van der Waals surface area contributed by atoms with Gasteiger partial charge in [0.25, 0.3) is 0 Å². The molecule has 1 heterocycles. The highest BCUT2D eigenvalue weighted by molar-refractivity contribution is 6.71. The predicted molar refractivity (Wildman–Crippen MR) is 37.4 cm³/mol. The summed E-state index contributed by atoms with van der Waals surface area (Å²) >= 11 is 16.0. The van der Waals surface area contributed by atoms with Gasteiger partial charge in [0, 0.05) is 0 Å². The van der Waals surface area contributed by atoms with Gasteiger partial charge in [0.05, 0.1) is 11.8 Å². The number of hydrazine groups is 1. The fourth-order valence-electron chi connectivity index (χ4n) is 0.302. The lowest BCUT2D eigenvalue weighted by molar-refractivity contribution is 0.437. The lowest BCUT2D eigenvalue weighted by Gasteiger charge is -2.12. The average molecular weight is 187 g/mol. The van der Waals surface area contributed by atoms with Crippen LogP contribution in [-0.2, 0) is 0 Å². The van der Waals surface area contributed by atoms with E-state index in [4.69, 9.17) is 35.0 Å². The third-order valence-electron chi connectivity index (χ3n) is 0.545. The Morgan fingerprint density at radius 3 is 2.56 bits per heavy atom. The Labute approximate surface area is 66.2 Å². The van der Waals surface area contributed by atoms with Crippen molar-refractivity contribution in [3.05, 3.63) is 0 Å². The maximum Gasteiger partial charge on any atom is 0.246 e. The van der Waals surface area contributed by atoms with Crippen molar-refractivity contribution in [2.24, 2.45) is 10.1 Å². The molecule has 0 fully saturated rings. The Balaban J connectivity index is 2.74. The quantitative estimate of drug-likeness (QED) is 0.455. The molecule has 4 nitrogen and oxygen atoms in total. The summed E-state index contributed by atoms with van der Waals surface area (Å²) in [7, 11) is 0. The summed E-state index contributed by atoms with van der Waals surface area (Å²) in [5, 5.41) is 3.51. The van der Waals surface area contributed by atoms with Crippen molar-refractivity contribution in [2.45, 2.75) is 0 Å². The number of hydrogen-bond acceptors (Lipinski definition) is 4. The summed E-state index contributed by atoms with van der Waals surface area (Å²) in [6.45, 7) is 0. The van der Waals surface area contributed by atoms with Crippen molar-refractivity contribution in [3.8, 4) is 0 Å². The second kappa shape index (κ2) is 2.60. The minimum absolute atomic E-state index is 0.00579. The molecule has 0 aromatic rings. The number of nitrogens with one attached hydrogen (secondary N) is 1. The van der Waals surface area contributed by atoms with Crippen molar-refractivity contribution < 1.29 is 0 Å². The smallest absolute Gasteiger partial charge is 0.240 e. The maximum absolute atomic E-state index is 5.35. The Bertz CT molecular complexity index is 175. The molecule has 0 aromatic carbocycles. The number of nitrogens with zero attached hydrogens (tertiary/aromatic N) is 3. The molecule has 1 rings (SSSR count). The minimum Gasteiger partial charge on any atom is -0.240 e. The predicted octanol–water partition coefficient (Wildman–Crippen LogP) is 1.06. The molecule has 0 aliphatic carbocycles. The molecule has 1 N–H and O–H groups in total. The molecule has 0 unspecified atom stereocenters. The van der Waals surface area contributed by atoms with E-state index in [9.17, 15) is 0 Å². The van der Waals surface area contributed by atoms with Crippen LogP contribution in [-0.4, -0.2) is 15.2 Å². The Morgan fingerprint density at radius 1 is 1.44 bits per heavy atom. The van der Waals surface area contributed by atoms with Gasteiger partial charge in [0.2, 0.25) is 10.6 Å². The monoisotopic (exact) mass is 186 g/mol. The van der Waals surface area contributed by atoms with Gasteiger partial charge in [-0.15, -0.1) is 9.74 Å². The first kappa shape index (κ1) is 6.92. The molecule has 0 spiro atoms. The van der Waals surface area contributed by atoms with E-state index >= 15 is 0 Å². The molecule has 9 heavy (non-hydrogen) atoms. The highest BCUT2D eigenvalue weighted by Gasteiger charge is 2.07. The van der Waals surface area contributed by atoms with Crippen LogP contribution in [0.2, 0.25) is 0 Å². The minimum atomic E-state index is -0.00579. The van der Waals surface area contributed by atoms with E-state index in [2.05, 4.69) is 15.5 Å². The number of halogens is 3. The number of rotatable bonds is 0. The van der Waals surface area contributed by atoms with Crippen LogP contribution in [0.3, 0.4) is 0 Å². The van der Waals surface area contributed by atoms with Crippen molar-refractivity contribution >= 4 is 45.6 Å². The Hall–Kier alpha value is -0.190. The number of amidine groups is 2. The van der Waals surface area contributed by atoms with E-state index in [1.54, 1.807) is 0 Å². The fraction of sp³-hybridized carbons (Fsp3) is 0. The molecule has 0 saturated heterocycles. The largest absolute Gasteiger partial charge is 0.246 e. The molecule has 0 saturated carbocycles. The first-order valence-corrected chi connectivity index (χ1v) is 2.99. The van der Waals surface area contributed by atoms with Gasteiger partial charge in [-0.05, 0) is 23.2 Å². The maximum atomic E-state index is 5.35. The van der Waals surface area contributed by atoms with E-state index in [0.29, 0.717) is 0 Å². The van der Waals surface area contributed by atoms with E-state index in [-0.39, 0.29) is 10.6 Å². The second-order valence-corrected chi connectivity index (χ2v) is 2.16. The highest BCUT2D eigenvalue weighted by atomic mass is 35.5. The number of hydrazone groups is 1. The fourth-order valence-corrected chi connectivity index (χ4v) is 0.899. The van der Waals surface area contributed by atoms with Gasteiger partial charge >= 0.3 is 0 Å². The summed E-state index contributed by atoms with van der Waals surface area (Å²) in [5.74, 6) is 0. The SMILES string of the molecule is ClC1=NN(Cl)NC(Cl)=N1. The molecule has 1 aliphatic rings. The van der Waals surface area contributed by atoms with Gasteiger partial charge in [-0.2, -0.15) is 4.99 Å². The molecule has 0 radical (unpaired) electrons. The Kier molecular flexibility index (Phi) is 2.00. The van der Waals surface area contributed by atoms with Gasteiger partial charge in [-0.3, -0.25) is 0 Å². The molecule has 0 amide bonds. The summed E-state index contributed by atoms with van der Waals surface area (Å²) in [4.78, 5) is 3.49. The normalized spacial score (nSPS) is 18.3. The number of hydrogen-bond donors (Lipinski definition) is 1. The van der Waals surface area contributed by atoms with Crippen molar-refractivity contribution in [3.63, 3.8) is 0 Å². The highest BCUT2D eigenvalue weighted by Crippen LogP contribution is 2.02. The average Bonchev–Trinajstić information content (AvgIpc) is 1.59. The number of aliphatic imine (C=N–C) groups is 1. The van der Waals surface area contributed by atoms with Crippen molar-refractivity contribution in [1.29, 1.82) is 0 Å². The van der Waals surface area contributed by atoms with Gasteiger partial charge < -0.3 is 0 Å². The standard InChI is InChI=1S/C2HCl3N4/c3-1-6-2(4)8-9(5)7-1/h(H,6,7,8). The van der Waals surface area contributed by atoms with Crippen LogP contribution in [0.5, 0.6) is 0 Å². The first-order chi connectivity index (χ1) is 4.18. The van der Waals surface area contributed by atoms with Gasteiger partial charge in [0.15, 0.2) is 0 Å². The van der Waals surface area contributed by atoms with Crippen LogP contribution in [0, 0.1) is 0 Å². The molecule has 0 atom stereocenters. The van der Waals surface area contributed by atoms with Crippen molar-refractivity contribution in [1.82, 2.24) is 10.1 Å². The van der Waals surface area contributed by atoms with E-state index < -0.39 is 0 Å². The zero-order valence-corrected chi connectivity index (χ0v) is 6.24. The zero-order chi connectivity index (χ0) is 6.85. The van der Waals surface area contributed by atoms with Crippen LogP contribution in [0.15, 0.2) is 10.1 Å². The van der Waals surface area contributed by atoms with Gasteiger partial charge in [0.1, 0.15) is 0 Å². The third kappa shape index (κ3) is 1.89. The molecule has 1 aliphatic heterocycles. The van der Waals surface area contributed by atoms with Crippen LogP contribution >= 0.6 is 35.0 Å². The molecule has 0 bridgehead atoms. The summed E-state index contributed by atoms with van der Waals surface area (Å²) in [6.07, 6.45) is 0. The van der Waals surface area contributed by atoms with Crippen LogP contribution in [0.4, 0.5) is 0 Å². The van der Waals surface area contributed by atoms with Crippen LogP contribution < -0.4 is 5.43 Å². The zero-order valence-electron chi connectivity index (χ0n) is 3.98. The third-order valence-corrected chi connectivity index (χ3v) is 1.03. The second-order valence-electron chi connectivity index (χ2n) is 1.14. The van der Waals surface area contributed by atoms with E-state index in [0.717, 1.165) is 4.64 Å². The molecule has 50 valence electrons. The van der Waals surface area contributed by atoms with E-state index in [1.165, 1.54) is 0 Å². The first-order valence-electron chi connectivity index (χ1n) is 1.89. The molecular formula is C2HCl3N4. The van der Waals surface area contributed by atoms with Gasteiger partial charge in [-0.1, -0.05) is 0 Å². The van der Waals surface area contributed by atoms with E-state index in [1.807, 2.05) is 0 Å². The molecule has 0 aromatic heterocycles. The van der Waals surface area contributed by atoms with Crippen LogP contribution in [0.1, 0.15) is 0 Å². The lowest BCUT2D eigenvalue weighted by atomic mass is 11.1. The van der Waals surface area contributed by atoms with Crippen LogP contribution in [0.25, 0.3) is 0 Å². The topological polar surface area (TPSA) is 40.0 Å². The molecule has 7 heteroatoms. The summed E-state index contributed by atoms with van der Waals surface area (Å²) in [5.41, 5.74) is 2.35. The van der Waals surface area contributed by atoms with Crippen molar-refractivity contribution in [2.75, 3.05) is 0 Å². The Morgan fingerprint density at radius 2 is 2.11 bits per heavy atom. The summed E-state index contributed by atoms with van der Waals surface area (Å²) < 4.78 is 0.845.